The van der Waals surface area contributed by atoms with Crippen molar-refractivity contribution in [3.8, 4) is 0 Å². The first-order valence-electron chi connectivity index (χ1n) is 7.83. The second-order valence-electron chi connectivity index (χ2n) is 5.55. The monoisotopic (exact) mass is 254 g/mol. The molecule has 2 rings (SSSR count). The summed E-state index contributed by atoms with van der Waals surface area (Å²) in [7, 11) is 0. The van der Waals surface area contributed by atoms with Gasteiger partial charge in [0.2, 0.25) is 0 Å². The maximum absolute atomic E-state index is 2.44. The van der Waals surface area contributed by atoms with Gasteiger partial charge in [-0.15, -0.1) is 0 Å². The molecule has 1 aromatic carbocycles. The van der Waals surface area contributed by atoms with E-state index >= 15 is 0 Å². The van der Waals surface area contributed by atoms with Crippen LogP contribution in [0.1, 0.15) is 69.1 Å². The van der Waals surface area contributed by atoms with Crippen LogP contribution in [0.5, 0.6) is 0 Å². The van der Waals surface area contributed by atoms with E-state index in [1.807, 2.05) is 0 Å². The van der Waals surface area contributed by atoms with E-state index < -0.39 is 0 Å². The van der Waals surface area contributed by atoms with Gasteiger partial charge in [-0.05, 0) is 42.4 Å². The molecule has 0 radical (unpaired) electrons. The van der Waals surface area contributed by atoms with Crippen molar-refractivity contribution in [1.29, 1.82) is 0 Å². The molecule has 0 N–H and O–H groups in total. The number of hydrogen-bond donors (Lipinski definition) is 0. The molecular weight excluding hydrogens is 228 g/mol. The Balaban J connectivity index is 2.09. The van der Waals surface area contributed by atoms with E-state index in [0.29, 0.717) is 0 Å². The number of fused-ring (bicyclic) bond motifs is 1. The lowest BCUT2D eigenvalue weighted by Gasteiger charge is -2.02. The summed E-state index contributed by atoms with van der Waals surface area (Å²) in [6, 6.07) is 6.74. The molecule has 0 aromatic heterocycles. The molecule has 1 aliphatic carbocycles. The summed E-state index contributed by atoms with van der Waals surface area (Å²) in [5.41, 5.74) is 6.01. The minimum absolute atomic E-state index is 1.17. The van der Waals surface area contributed by atoms with E-state index in [1.165, 1.54) is 61.6 Å². The van der Waals surface area contributed by atoms with E-state index in [2.05, 4.69) is 50.3 Å². The molecule has 0 saturated carbocycles. The van der Waals surface area contributed by atoms with Crippen LogP contribution in [-0.2, 0) is 6.42 Å². The highest BCUT2D eigenvalue weighted by Crippen LogP contribution is 2.31. The molecule has 0 atom stereocenters. The zero-order valence-electron chi connectivity index (χ0n) is 12.4. The normalized spacial score (nSPS) is 13.9. The predicted octanol–water partition coefficient (Wildman–Crippen LogP) is 6.02. The van der Waals surface area contributed by atoms with Gasteiger partial charge in [-0.1, -0.05) is 75.1 Å². The third-order valence-electron chi connectivity index (χ3n) is 3.87. The second-order valence-corrected chi connectivity index (χ2v) is 5.55. The number of benzene rings is 1. The Labute approximate surface area is 118 Å². The van der Waals surface area contributed by atoms with Gasteiger partial charge < -0.3 is 0 Å². The van der Waals surface area contributed by atoms with Gasteiger partial charge in [0.05, 0.1) is 0 Å². The molecule has 1 aromatic rings. The summed E-state index contributed by atoms with van der Waals surface area (Å²) in [4.78, 5) is 0. The highest BCUT2D eigenvalue weighted by atomic mass is 14.2. The first-order chi connectivity index (χ1) is 9.35. The summed E-state index contributed by atoms with van der Waals surface area (Å²) in [6.07, 6.45) is 15.9. The summed E-state index contributed by atoms with van der Waals surface area (Å²) in [5.74, 6) is 0. The summed E-state index contributed by atoms with van der Waals surface area (Å²) < 4.78 is 0. The molecular formula is C19H26. The molecule has 0 bridgehead atoms. The largest absolute Gasteiger partial charge is 0.0839 e. The van der Waals surface area contributed by atoms with Crippen LogP contribution in [0, 0.1) is 0 Å². The van der Waals surface area contributed by atoms with Crippen LogP contribution in [0.2, 0.25) is 0 Å². The average Bonchev–Trinajstić information content (AvgIpc) is 2.85. The minimum Gasteiger partial charge on any atom is -0.0839 e. The Morgan fingerprint density at radius 3 is 2.74 bits per heavy atom. The Morgan fingerprint density at radius 2 is 1.95 bits per heavy atom. The number of hydrogen-bond acceptors (Lipinski definition) is 0. The molecule has 0 heterocycles. The molecule has 102 valence electrons. The van der Waals surface area contributed by atoms with Gasteiger partial charge in [-0.2, -0.15) is 0 Å². The van der Waals surface area contributed by atoms with Crippen molar-refractivity contribution in [3.63, 3.8) is 0 Å². The first kappa shape index (κ1) is 14.1. The quantitative estimate of drug-likeness (QED) is 0.522. The van der Waals surface area contributed by atoms with Gasteiger partial charge in [-0.25, -0.2) is 0 Å². The van der Waals surface area contributed by atoms with E-state index in [-0.39, 0.29) is 0 Å². The van der Waals surface area contributed by atoms with Crippen molar-refractivity contribution in [2.45, 2.75) is 58.8 Å². The van der Waals surface area contributed by atoms with Gasteiger partial charge in [-0.3, -0.25) is 0 Å². The molecule has 0 nitrogen and oxygen atoms in total. The van der Waals surface area contributed by atoms with E-state index in [0.717, 1.165) is 0 Å². The van der Waals surface area contributed by atoms with Crippen molar-refractivity contribution in [2.24, 2.45) is 0 Å². The van der Waals surface area contributed by atoms with Gasteiger partial charge in [0.25, 0.3) is 0 Å². The highest BCUT2D eigenvalue weighted by Gasteiger charge is 2.13. The third-order valence-corrected chi connectivity index (χ3v) is 3.87. The smallest absolute Gasteiger partial charge is 0.00576 e. The second kappa shape index (κ2) is 7.33. The zero-order valence-corrected chi connectivity index (χ0v) is 12.4. The fourth-order valence-corrected chi connectivity index (χ4v) is 2.70. The predicted molar refractivity (Wildman–Crippen MR) is 86.2 cm³/mol. The molecule has 0 unspecified atom stereocenters. The summed E-state index contributed by atoms with van der Waals surface area (Å²) in [6.45, 7) is 4.52. The van der Waals surface area contributed by atoms with Crippen molar-refractivity contribution in [3.05, 3.63) is 46.5 Å². The third kappa shape index (κ3) is 3.83. The molecule has 0 aliphatic heterocycles. The molecule has 0 amide bonds. The van der Waals surface area contributed by atoms with Crippen LogP contribution in [0.3, 0.4) is 0 Å². The lowest BCUT2D eigenvalue weighted by Crippen LogP contribution is -1.86. The van der Waals surface area contributed by atoms with Crippen molar-refractivity contribution in [2.75, 3.05) is 0 Å². The van der Waals surface area contributed by atoms with Gasteiger partial charge in [0.15, 0.2) is 0 Å². The Kier molecular flexibility index (Phi) is 5.44. The van der Waals surface area contributed by atoms with Gasteiger partial charge in [0, 0.05) is 0 Å². The van der Waals surface area contributed by atoms with Gasteiger partial charge in [0.1, 0.15) is 0 Å². The lowest BCUT2D eigenvalue weighted by atomic mass is 10.0. The zero-order chi connectivity index (χ0) is 13.5. The molecule has 0 heteroatoms. The molecule has 0 saturated heterocycles. The summed E-state index contributed by atoms with van der Waals surface area (Å²) in [5, 5.41) is 0. The van der Waals surface area contributed by atoms with Gasteiger partial charge >= 0.3 is 0 Å². The Morgan fingerprint density at radius 1 is 1.11 bits per heavy atom. The average molecular weight is 254 g/mol. The number of rotatable bonds is 7. The fourth-order valence-electron chi connectivity index (χ4n) is 2.70. The van der Waals surface area contributed by atoms with Crippen LogP contribution < -0.4 is 0 Å². The van der Waals surface area contributed by atoms with Crippen molar-refractivity contribution < 1.29 is 0 Å². The van der Waals surface area contributed by atoms with Crippen LogP contribution in [0.4, 0.5) is 0 Å². The maximum atomic E-state index is 2.44. The fraction of sp³-hybridized carbons (Fsp3) is 0.474. The Bertz CT molecular complexity index is 463. The summed E-state index contributed by atoms with van der Waals surface area (Å²) >= 11 is 0. The minimum atomic E-state index is 1.17. The van der Waals surface area contributed by atoms with E-state index in [4.69, 9.17) is 0 Å². The molecule has 1 aliphatic rings. The highest BCUT2D eigenvalue weighted by molar-refractivity contribution is 5.73. The molecule has 0 spiro atoms. The number of allylic oxidation sites excluding steroid dienone is 2. The Hall–Kier alpha value is -1.30. The molecule has 0 fully saturated rings. The van der Waals surface area contributed by atoms with Crippen LogP contribution in [-0.4, -0.2) is 0 Å². The molecule has 19 heavy (non-hydrogen) atoms. The van der Waals surface area contributed by atoms with E-state index in [1.54, 1.807) is 5.57 Å². The van der Waals surface area contributed by atoms with Crippen molar-refractivity contribution >= 4 is 12.2 Å². The van der Waals surface area contributed by atoms with Crippen molar-refractivity contribution in [1.82, 2.24) is 0 Å². The first-order valence-corrected chi connectivity index (χ1v) is 7.83. The lowest BCUT2D eigenvalue weighted by molar-refractivity contribution is 0.779. The number of unbranched alkanes of at least 4 members (excludes halogenated alkanes) is 3. The van der Waals surface area contributed by atoms with Crippen LogP contribution in [0.15, 0.2) is 29.8 Å². The maximum Gasteiger partial charge on any atom is -0.00576 e. The van der Waals surface area contributed by atoms with E-state index in [9.17, 15) is 0 Å². The van der Waals surface area contributed by atoms with Crippen LogP contribution >= 0.6 is 0 Å². The SMILES string of the molecule is CCCCC=Cc1cccc2c1C=C(CCCC)C2. The van der Waals surface area contributed by atoms with Crippen LogP contribution in [0.25, 0.3) is 12.2 Å². The topological polar surface area (TPSA) is 0 Å². The standard InChI is InChI=1S/C19H26/c1-3-5-7-8-11-17-12-9-13-18-14-16(10-6-4-2)15-19(17)18/h8-9,11-13,15H,3-7,10,14H2,1-2H3.